The van der Waals surface area contributed by atoms with Gasteiger partial charge < -0.3 is 19.2 Å². The number of carbonyl (C=O) groups is 2. The fourth-order valence-electron chi connectivity index (χ4n) is 5.91. The Kier molecular flexibility index (Phi) is 6.64. The molecule has 0 saturated carbocycles. The van der Waals surface area contributed by atoms with Crippen LogP contribution in [0.2, 0.25) is 0 Å². The Hall–Kier alpha value is -4.04. The molecular formula is C31H28FNO6. The maximum Gasteiger partial charge on any atom is 0.336 e. The highest BCUT2D eigenvalue weighted by molar-refractivity contribution is 6.04. The van der Waals surface area contributed by atoms with Crippen LogP contribution in [-0.2, 0) is 19.1 Å². The predicted molar refractivity (Wildman–Crippen MR) is 141 cm³/mol. The van der Waals surface area contributed by atoms with Crippen LogP contribution in [0.4, 0.5) is 4.39 Å². The van der Waals surface area contributed by atoms with E-state index in [2.05, 4.69) is 5.32 Å². The second kappa shape index (κ2) is 10.3. The number of hydrogen-bond donors (Lipinski definition) is 1. The third-order valence-corrected chi connectivity index (χ3v) is 7.83. The van der Waals surface area contributed by atoms with E-state index in [1.54, 1.807) is 43.3 Å². The third-order valence-electron chi connectivity index (χ3n) is 7.83. The fourth-order valence-corrected chi connectivity index (χ4v) is 5.91. The molecule has 3 aromatic rings. The highest BCUT2D eigenvalue weighted by Gasteiger charge is 2.43. The molecule has 3 atom stereocenters. The number of nitrogens with one attached hydrogen (secondary N) is 1. The highest BCUT2D eigenvalue weighted by Crippen LogP contribution is 2.45. The minimum atomic E-state index is -0.944. The van der Waals surface area contributed by atoms with E-state index in [1.807, 2.05) is 0 Å². The summed E-state index contributed by atoms with van der Waals surface area (Å²) in [5.41, 5.74) is 2.91. The van der Waals surface area contributed by atoms with Gasteiger partial charge in [-0.2, -0.15) is 0 Å². The standard InChI is InChI=1S/C31H28FNO6/c1-17-27(31(36)39-15-21-5-4-12-37-21)28(23-16-38-26-7-3-2-6-22(26)30(23)35)29-24(33-17)13-19(14-25(29)34)18-8-10-20(32)11-9-18/h2-3,6-11,16,19,21,28,33H,4-5,12-15H2,1H3/t19-,21-,28-/m1/s1. The van der Waals surface area contributed by atoms with Crippen molar-refractivity contribution in [2.24, 2.45) is 0 Å². The van der Waals surface area contributed by atoms with Gasteiger partial charge in [-0.1, -0.05) is 24.3 Å². The fraction of sp³-hybridized carbons (Fsp3) is 0.323. The minimum Gasteiger partial charge on any atom is -0.464 e. The van der Waals surface area contributed by atoms with Crippen molar-refractivity contribution < 1.29 is 27.9 Å². The van der Waals surface area contributed by atoms with E-state index in [1.165, 1.54) is 18.4 Å². The third kappa shape index (κ3) is 4.69. The quantitative estimate of drug-likeness (QED) is 0.464. The molecule has 0 radical (unpaired) electrons. The number of para-hydroxylation sites is 1. The molecule has 1 aliphatic carbocycles. The Bertz CT molecular complexity index is 1580. The first-order chi connectivity index (χ1) is 18.9. The number of allylic oxidation sites excluding steroid dienone is 3. The molecule has 7 nitrogen and oxygen atoms in total. The average molecular weight is 530 g/mol. The number of ether oxygens (including phenoxy) is 2. The zero-order valence-corrected chi connectivity index (χ0v) is 21.5. The summed E-state index contributed by atoms with van der Waals surface area (Å²) in [4.78, 5) is 41.0. The molecule has 2 aliphatic heterocycles. The number of esters is 1. The molecule has 3 heterocycles. The molecule has 0 bridgehead atoms. The van der Waals surface area contributed by atoms with Crippen LogP contribution in [0.5, 0.6) is 0 Å². The monoisotopic (exact) mass is 529 g/mol. The molecule has 6 rings (SSSR count). The number of hydrogen-bond acceptors (Lipinski definition) is 7. The van der Waals surface area contributed by atoms with Gasteiger partial charge in [-0.3, -0.25) is 9.59 Å². The van der Waals surface area contributed by atoms with E-state index in [-0.39, 0.29) is 53.2 Å². The van der Waals surface area contributed by atoms with Gasteiger partial charge in [0.2, 0.25) is 0 Å². The Balaban J connectivity index is 1.43. The van der Waals surface area contributed by atoms with Crippen LogP contribution in [0.3, 0.4) is 0 Å². The topological polar surface area (TPSA) is 94.8 Å². The summed E-state index contributed by atoms with van der Waals surface area (Å²) in [6, 6.07) is 13.0. The molecule has 2 aromatic carbocycles. The molecule has 8 heteroatoms. The van der Waals surface area contributed by atoms with Crippen LogP contribution in [0, 0.1) is 5.82 Å². The van der Waals surface area contributed by atoms with Gasteiger partial charge >= 0.3 is 5.97 Å². The lowest BCUT2D eigenvalue weighted by Crippen LogP contribution is -2.38. The van der Waals surface area contributed by atoms with Crippen molar-refractivity contribution in [1.82, 2.24) is 5.32 Å². The summed E-state index contributed by atoms with van der Waals surface area (Å²) in [7, 11) is 0. The Morgan fingerprint density at radius 1 is 1.10 bits per heavy atom. The molecule has 1 fully saturated rings. The Morgan fingerprint density at radius 2 is 1.90 bits per heavy atom. The van der Waals surface area contributed by atoms with E-state index in [9.17, 15) is 18.8 Å². The summed E-state index contributed by atoms with van der Waals surface area (Å²) >= 11 is 0. The van der Waals surface area contributed by atoms with Crippen LogP contribution in [0.1, 0.15) is 55.6 Å². The molecule has 1 aromatic heterocycles. The van der Waals surface area contributed by atoms with Gasteiger partial charge in [-0.05, 0) is 61.9 Å². The molecule has 200 valence electrons. The molecule has 0 amide bonds. The second-order valence-corrected chi connectivity index (χ2v) is 10.3. The molecule has 0 unspecified atom stereocenters. The minimum absolute atomic E-state index is 0.0984. The first-order valence-corrected chi connectivity index (χ1v) is 13.2. The first kappa shape index (κ1) is 25.2. The smallest absolute Gasteiger partial charge is 0.336 e. The number of Topliss-reactive ketones (excluding diaryl/α,β-unsaturated/α-hetero) is 1. The van der Waals surface area contributed by atoms with Crippen LogP contribution in [0.15, 0.2) is 86.5 Å². The van der Waals surface area contributed by atoms with Crippen molar-refractivity contribution in [2.75, 3.05) is 13.2 Å². The lowest BCUT2D eigenvalue weighted by atomic mass is 9.72. The lowest BCUT2D eigenvalue weighted by molar-refractivity contribution is -0.142. The summed E-state index contributed by atoms with van der Waals surface area (Å²) < 4.78 is 30.6. The SMILES string of the molecule is CC1=C(C(=O)OC[C@H]2CCCO2)[C@@H](c2coc3ccccc3c2=O)C2=C(C[C@@H](c3ccc(F)cc3)CC2=O)N1. The largest absolute Gasteiger partial charge is 0.464 e. The van der Waals surface area contributed by atoms with Gasteiger partial charge in [0, 0.05) is 35.6 Å². The van der Waals surface area contributed by atoms with E-state index >= 15 is 0 Å². The average Bonchev–Trinajstić information content (AvgIpc) is 3.46. The number of benzene rings is 2. The van der Waals surface area contributed by atoms with Crippen molar-refractivity contribution in [3.05, 3.63) is 105 Å². The molecule has 1 saturated heterocycles. The Morgan fingerprint density at radius 3 is 2.67 bits per heavy atom. The van der Waals surface area contributed by atoms with Crippen molar-refractivity contribution in [3.8, 4) is 0 Å². The summed E-state index contributed by atoms with van der Waals surface area (Å²) in [6.45, 7) is 2.47. The van der Waals surface area contributed by atoms with E-state index in [0.717, 1.165) is 18.4 Å². The van der Waals surface area contributed by atoms with Crippen molar-refractivity contribution >= 4 is 22.7 Å². The summed E-state index contributed by atoms with van der Waals surface area (Å²) in [5.74, 6) is -2.25. The van der Waals surface area contributed by atoms with Gasteiger partial charge in [0.1, 0.15) is 18.0 Å². The van der Waals surface area contributed by atoms with Crippen LogP contribution >= 0.6 is 0 Å². The maximum absolute atomic E-state index is 13.8. The van der Waals surface area contributed by atoms with E-state index in [0.29, 0.717) is 41.0 Å². The van der Waals surface area contributed by atoms with Crippen LogP contribution in [-0.4, -0.2) is 31.1 Å². The van der Waals surface area contributed by atoms with Gasteiger partial charge in [0.05, 0.1) is 29.2 Å². The Labute approximate surface area is 224 Å². The molecule has 0 spiro atoms. The number of halogens is 1. The first-order valence-electron chi connectivity index (χ1n) is 13.2. The highest BCUT2D eigenvalue weighted by atomic mass is 19.1. The molecule has 3 aliphatic rings. The molecule has 39 heavy (non-hydrogen) atoms. The predicted octanol–water partition coefficient (Wildman–Crippen LogP) is 5.02. The molecule has 1 N–H and O–H groups in total. The van der Waals surface area contributed by atoms with Crippen LogP contribution < -0.4 is 10.7 Å². The zero-order chi connectivity index (χ0) is 27.1. The van der Waals surface area contributed by atoms with E-state index in [4.69, 9.17) is 13.9 Å². The second-order valence-electron chi connectivity index (χ2n) is 10.3. The number of rotatable bonds is 5. The number of dihydropyridines is 1. The number of ketones is 1. The van der Waals surface area contributed by atoms with Crippen LogP contribution in [0.25, 0.3) is 11.0 Å². The summed E-state index contributed by atoms with van der Waals surface area (Å²) in [6.07, 6.45) is 3.53. The summed E-state index contributed by atoms with van der Waals surface area (Å²) in [5, 5.41) is 3.64. The van der Waals surface area contributed by atoms with Crippen molar-refractivity contribution in [3.63, 3.8) is 0 Å². The number of carbonyl (C=O) groups excluding carboxylic acids is 2. The number of fused-ring (bicyclic) bond motifs is 1. The van der Waals surface area contributed by atoms with Gasteiger partial charge in [0.25, 0.3) is 0 Å². The van der Waals surface area contributed by atoms with Gasteiger partial charge in [0.15, 0.2) is 11.2 Å². The van der Waals surface area contributed by atoms with Gasteiger partial charge in [-0.15, -0.1) is 0 Å². The van der Waals surface area contributed by atoms with Crippen molar-refractivity contribution in [1.29, 1.82) is 0 Å². The van der Waals surface area contributed by atoms with E-state index < -0.39 is 11.9 Å². The maximum atomic E-state index is 13.8. The van der Waals surface area contributed by atoms with Gasteiger partial charge in [-0.25, -0.2) is 9.18 Å². The van der Waals surface area contributed by atoms with Crippen molar-refractivity contribution in [2.45, 2.75) is 50.5 Å². The lowest BCUT2D eigenvalue weighted by Gasteiger charge is -2.36. The normalized spacial score (nSPS) is 23.1. The zero-order valence-electron chi connectivity index (χ0n) is 21.5. The molecular weight excluding hydrogens is 501 g/mol.